The van der Waals surface area contributed by atoms with Gasteiger partial charge in [0.15, 0.2) is 23.9 Å². The molecule has 1 aliphatic heterocycles. The summed E-state index contributed by atoms with van der Waals surface area (Å²) in [6.07, 6.45) is 1.16. The van der Waals surface area contributed by atoms with Gasteiger partial charge in [0.05, 0.1) is 26.5 Å². The van der Waals surface area contributed by atoms with Gasteiger partial charge in [0.25, 0.3) is 0 Å². The number of carbonyl (C=O) groups excluding carboxylic acids is 2. The van der Waals surface area contributed by atoms with Crippen LogP contribution in [0.4, 0.5) is 14.9 Å². The summed E-state index contributed by atoms with van der Waals surface area (Å²) in [6.45, 7) is 1.34. The minimum Gasteiger partial charge on any atom is -0.619 e. The number of carbonyl (C=O) groups is 2. The third-order valence-electron chi connectivity index (χ3n) is 7.63. The van der Waals surface area contributed by atoms with E-state index in [9.17, 15) is 19.2 Å². The molecule has 47 heavy (non-hydrogen) atoms. The van der Waals surface area contributed by atoms with Gasteiger partial charge < -0.3 is 29.1 Å². The highest BCUT2D eigenvalue weighted by Gasteiger charge is 2.29. The maximum atomic E-state index is 14.9. The van der Waals surface area contributed by atoms with Gasteiger partial charge in [-0.15, -0.1) is 11.3 Å². The van der Waals surface area contributed by atoms with Gasteiger partial charge in [-0.3, -0.25) is 4.90 Å². The van der Waals surface area contributed by atoms with Crippen LogP contribution in [-0.2, 0) is 22.4 Å². The van der Waals surface area contributed by atoms with E-state index >= 15 is 0 Å². The molecule has 1 amide bonds. The first-order valence-electron chi connectivity index (χ1n) is 14.6. The summed E-state index contributed by atoms with van der Waals surface area (Å²) in [5.41, 5.74) is 1.03. The molecule has 0 radical (unpaired) electrons. The number of nitrogens with zero attached hydrogens (tertiary/aromatic N) is 3. The summed E-state index contributed by atoms with van der Waals surface area (Å²) in [5.74, 6) is -0.346. The molecule has 0 N–H and O–H groups in total. The van der Waals surface area contributed by atoms with Gasteiger partial charge in [-0.2, -0.15) is 4.73 Å². The van der Waals surface area contributed by atoms with E-state index in [1.54, 1.807) is 36.4 Å². The maximum absolute atomic E-state index is 14.9. The largest absolute Gasteiger partial charge is 0.619 e. The molecule has 1 saturated heterocycles. The molecule has 2 aromatic heterocycles. The molecule has 4 aromatic rings. The minimum absolute atomic E-state index is 0.0379. The fourth-order valence-electron chi connectivity index (χ4n) is 5.22. The molecule has 248 valence electrons. The Morgan fingerprint density at radius 3 is 2.47 bits per heavy atom. The molecule has 2 atom stereocenters. The molecule has 3 heterocycles. The number of esters is 1. The number of rotatable bonds is 11. The van der Waals surface area contributed by atoms with Crippen molar-refractivity contribution < 1.29 is 37.7 Å². The molecular weight excluding hydrogens is 672 g/mol. The third kappa shape index (κ3) is 8.25. The van der Waals surface area contributed by atoms with Gasteiger partial charge in [0, 0.05) is 30.0 Å². The molecule has 0 saturated carbocycles. The lowest BCUT2D eigenvalue weighted by atomic mass is 10.0. The van der Waals surface area contributed by atoms with E-state index in [2.05, 4.69) is 4.90 Å². The second kappa shape index (κ2) is 15.2. The van der Waals surface area contributed by atoms with Crippen molar-refractivity contribution in [3.63, 3.8) is 0 Å². The second-order valence-corrected chi connectivity index (χ2v) is 12.8. The van der Waals surface area contributed by atoms with E-state index in [-0.39, 0.29) is 39.7 Å². The van der Waals surface area contributed by atoms with Crippen LogP contribution in [0.3, 0.4) is 0 Å². The molecule has 2 aromatic carbocycles. The summed E-state index contributed by atoms with van der Waals surface area (Å²) in [4.78, 5) is 31.0. The first-order chi connectivity index (χ1) is 22.6. The molecule has 0 unspecified atom stereocenters. The maximum Gasteiger partial charge on any atom is 0.415 e. The number of aromatic nitrogens is 1. The van der Waals surface area contributed by atoms with Crippen molar-refractivity contribution in [1.29, 1.82) is 0 Å². The number of anilines is 1. The Hall–Kier alpha value is -4.10. The fourth-order valence-corrected chi connectivity index (χ4v) is 6.70. The third-order valence-corrected chi connectivity index (χ3v) is 9.33. The molecule has 1 aliphatic rings. The van der Waals surface area contributed by atoms with Gasteiger partial charge in [-0.1, -0.05) is 41.4 Å². The molecule has 0 spiro atoms. The Kier molecular flexibility index (Phi) is 11.1. The van der Waals surface area contributed by atoms with Gasteiger partial charge >= 0.3 is 12.1 Å². The van der Waals surface area contributed by atoms with Crippen molar-refractivity contribution in [3.05, 3.63) is 109 Å². The van der Waals surface area contributed by atoms with Crippen LogP contribution in [-0.4, -0.2) is 57.4 Å². The fraction of sp³-hybridized carbons (Fsp3) is 0.303. The number of likely N-dealkylation sites (N-methyl/N-ethyl adjacent to an activating group) is 1. The van der Waals surface area contributed by atoms with Crippen LogP contribution in [0.25, 0.3) is 0 Å². The Morgan fingerprint density at radius 2 is 1.81 bits per heavy atom. The number of thiophene rings is 1. The van der Waals surface area contributed by atoms with Crippen LogP contribution in [0, 0.1) is 11.0 Å². The summed E-state index contributed by atoms with van der Waals surface area (Å²) in [7, 11) is 4.93. The molecule has 5 rings (SSSR count). The first kappa shape index (κ1) is 34.2. The average Bonchev–Trinajstić information content (AvgIpc) is 3.69. The number of hydrogen-bond acceptors (Lipinski definition) is 9. The van der Waals surface area contributed by atoms with Crippen molar-refractivity contribution in [3.8, 4) is 11.5 Å². The highest BCUT2D eigenvalue weighted by atomic mass is 35.5. The number of halogens is 3. The second-order valence-electron chi connectivity index (χ2n) is 10.9. The number of ether oxygens (including phenoxy) is 4. The van der Waals surface area contributed by atoms with Crippen LogP contribution >= 0.6 is 34.5 Å². The number of hydrogen-bond donors (Lipinski definition) is 0. The van der Waals surface area contributed by atoms with Gasteiger partial charge in [-0.25, -0.2) is 14.0 Å². The van der Waals surface area contributed by atoms with E-state index < -0.39 is 24.0 Å². The monoisotopic (exact) mass is 703 g/mol. The van der Waals surface area contributed by atoms with E-state index in [1.807, 2.05) is 7.05 Å². The van der Waals surface area contributed by atoms with Gasteiger partial charge in [0.1, 0.15) is 32.9 Å². The quantitative estimate of drug-likeness (QED) is 0.0951. The van der Waals surface area contributed by atoms with E-state index in [1.165, 1.54) is 49.7 Å². The summed E-state index contributed by atoms with van der Waals surface area (Å²) < 4.78 is 37.9. The number of benzene rings is 2. The Morgan fingerprint density at radius 1 is 1.09 bits per heavy atom. The van der Waals surface area contributed by atoms with E-state index in [0.29, 0.717) is 45.2 Å². The molecule has 14 heteroatoms. The van der Waals surface area contributed by atoms with Gasteiger partial charge in [0.2, 0.25) is 0 Å². The van der Waals surface area contributed by atoms with Crippen LogP contribution in [0.2, 0.25) is 10.0 Å². The Labute approximate surface area is 285 Å². The number of methoxy groups -OCH3 is 2. The summed E-state index contributed by atoms with van der Waals surface area (Å²) in [6, 6.07) is 14.3. The van der Waals surface area contributed by atoms with Crippen LogP contribution in [0.15, 0.2) is 67.0 Å². The van der Waals surface area contributed by atoms with Gasteiger partial charge in [-0.05, 0) is 55.4 Å². The minimum atomic E-state index is -0.903. The Balaban J connectivity index is 1.39. The van der Waals surface area contributed by atoms with Crippen LogP contribution < -0.4 is 19.1 Å². The zero-order valence-electron chi connectivity index (χ0n) is 25.8. The summed E-state index contributed by atoms with van der Waals surface area (Å²) in [5, 5.41) is 12.1. The van der Waals surface area contributed by atoms with E-state index in [0.717, 1.165) is 17.9 Å². The van der Waals surface area contributed by atoms with Crippen LogP contribution in [0.1, 0.15) is 38.2 Å². The van der Waals surface area contributed by atoms with Crippen molar-refractivity contribution in [2.24, 2.45) is 0 Å². The van der Waals surface area contributed by atoms with E-state index in [4.69, 9.17) is 42.1 Å². The number of pyridine rings is 1. The molecule has 0 aliphatic carbocycles. The summed E-state index contributed by atoms with van der Waals surface area (Å²) >= 11 is 13.8. The number of amides is 1. The predicted molar refractivity (Wildman–Crippen MR) is 176 cm³/mol. The number of likely N-dealkylation sites (tertiary alicyclic amines) is 1. The molecule has 0 bridgehead atoms. The molecule has 1 fully saturated rings. The average molecular weight is 705 g/mol. The van der Waals surface area contributed by atoms with Crippen molar-refractivity contribution in [1.82, 2.24) is 4.90 Å². The lowest BCUT2D eigenvalue weighted by Crippen LogP contribution is -2.35. The lowest BCUT2D eigenvalue weighted by molar-refractivity contribution is -0.605. The Bertz CT molecular complexity index is 1730. The molecular formula is C33H32Cl2FN3O7S. The topological polar surface area (TPSA) is 104 Å². The first-order valence-corrected chi connectivity index (χ1v) is 16.1. The van der Waals surface area contributed by atoms with Crippen LogP contribution in [0.5, 0.6) is 11.5 Å². The zero-order valence-corrected chi connectivity index (χ0v) is 28.1. The standard InChI is InChI=1S/C33H32Cl2FN3O7S/c1-37-13-12-21(16-37)45-33(41)39(27-7-5-4-6-26(27)36)17-22-9-11-31(47-22)32(40)46-29(15-23-24(34)18-38(42)19-25(23)35)20-8-10-28(43-2)30(14-20)44-3/h4-11,14,18-19,21,29H,12-13,15-17H2,1-3H3/t21-,29+/m1/s1. The predicted octanol–water partition coefficient (Wildman–Crippen LogP) is 6.83. The van der Waals surface area contributed by atoms with Crippen molar-refractivity contribution >= 4 is 52.3 Å². The molecule has 10 nitrogen and oxygen atoms in total. The highest BCUT2D eigenvalue weighted by Crippen LogP contribution is 2.36. The van der Waals surface area contributed by atoms with Crippen molar-refractivity contribution in [2.45, 2.75) is 31.6 Å². The smallest absolute Gasteiger partial charge is 0.415 e. The normalized spacial score (nSPS) is 15.2. The zero-order chi connectivity index (χ0) is 33.7. The lowest BCUT2D eigenvalue weighted by Gasteiger charge is -2.24. The highest BCUT2D eigenvalue weighted by molar-refractivity contribution is 7.14. The number of para-hydroxylation sites is 1. The SMILES string of the molecule is COc1ccc([C@H](Cc2c(Cl)c[n+]([O-])cc2Cl)OC(=O)c2ccc(CN(C(=O)O[C@@H]3CCN(C)C3)c3ccccc3F)s2)cc1OC. The van der Waals surface area contributed by atoms with Crippen molar-refractivity contribution in [2.75, 3.05) is 39.3 Å².